The maximum atomic E-state index is 13.0. The fourth-order valence-electron chi connectivity index (χ4n) is 3.02. The van der Waals surface area contributed by atoms with E-state index in [4.69, 9.17) is 4.74 Å². The number of nitro groups is 1. The summed E-state index contributed by atoms with van der Waals surface area (Å²) in [5, 5.41) is 17.1. The molecule has 1 aliphatic heterocycles. The second kappa shape index (κ2) is 5.73. The highest BCUT2D eigenvalue weighted by molar-refractivity contribution is 5.96. The van der Waals surface area contributed by atoms with Gasteiger partial charge in [0, 0.05) is 12.0 Å². The molecule has 128 valence electrons. The van der Waals surface area contributed by atoms with Crippen molar-refractivity contribution in [2.75, 3.05) is 17.2 Å². The Hall–Kier alpha value is -3.16. The molecule has 8 heteroatoms. The molecule has 0 saturated heterocycles. The molecule has 1 fully saturated rings. The third-order valence-electron chi connectivity index (χ3n) is 4.36. The Morgan fingerprint density at radius 2 is 2.04 bits per heavy atom. The molecule has 0 spiro atoms. The largest absolute Gasteiger partial charge is 0.481 e. The van der Waals surface area contributed by atoms with E-state index >= 15 is 0 Å². The maximum absolute atomic E-state index is 13.0. The minimum absolute atomic E-state index is 0.0161. The summed E-state index contributed by atoms with van der Waals surface area (Å²) in [6.07, 6.45) is 0.794. The fourth-order valence-corrected chi connectivity index (χ4v) is 3.02. The van der Waals surface area contributed by atoms with Gasteiger partial charge in [-0.1, -0.05) is 12.1 Å². The van der Waals surface area contributed by atoms with E-state index in [0.717, 1.165) is 12.0 Å². The summed E-state index contributed by atoms with van der Waals surface area (Å²) in [6.45, 7) is -0.161. The quantitative estimate of drug-likeness (QED) is 0.657. The molecule has 2 aromatic rings. The summed E-state index contributed by atoms with van der Waals surface area (Å²) in [7, 11) is 0. The number of nitrogens with one attached hydrogen (secondary N) is 2. The lowest BCUT2D eigenvalue weighted by molar-refractivity contribution is -0.384. The smallest absolute Gasteiger partial charge is 0.296 e. The van der Waals surface area contributed by atoms with Gasteiger partial charge in [0.25, 0.3) is 11.6 Å². The van der Waals surface area contributed by atoms with Crippen LogP contribution in [-0.2, 0) is 4.79 Å². The van der Waals surface area contributed by atoms with E-state index in [1.165, 1.54) is 24.3 Å². The molecule has 0 unspecified atom stereocenters. The number of hydrogen-bond donors (Lipinski definition) is 2. The van der Waals surface area contributed by atoms with Gasteiger partial charge in [-0.15, -0.1) is 0 Å². The van der Waals surface area contributed by atoms with Gasteiger partial charge >= 0.3 is 0 Å². The van der Waals surface area contributed by atoms with E-state index in [1.54, 1.807) is 12.1 Å². The number of carbonyl (C=O) groups excluding carboxylic acids is 1. The van der Waals surface area contributed by atoms with Crippen LogP contribution in [0.3, 0.4) is 0 Å². The van der Waals surface area contributed by atoms with E-state index in [-0.39, 0.29) is 41.7 Å². The molecule has 0 radical (unpaired) electrons. The van der Waals surface area contributed by atoms with Crippen LogP contribution >= 0.6 is 0 Å². The first-order valence-electron chi connectivity index (χ1n) is 7.78. The summed E-state index contributed by atoms with van der Waals surface area (Å²) in [6, 6.07) is 9.09. The van der Waals surface area contributed by atoms with Crippen molar-refractivity contribution < 1.29 is 18.8 Å². The predicted molar refractivity (Wildman–Crippen MR) is 88.4 cm³/mol. The maximum Gasteiger partial charge on any atom is 0.296 e. The molecule has 0 bridgehead atoms. The standard InChI is InChI=1S/C17H14FN3O4/c18-10-3-1-9(2-4-10)11-5-12(11)19-13-6-14-16(7-15(13)21(23)24)25-8-17(22)20-14/h1-4,6-7,11-12,19H,5,8H2,(H,20,22)/t11-,12+/m0/s1. The number of hydrogen-bond acceptors (Lipinski definition) is 5. The highest BCUT2D eigenvalue weighted by atomic mass is 19.1. The van der Waals surface area contributed by atoms with E-state index in [1.807, 2.05) is 0 Å². The number of benzene rings is 2. The van der Waals surface area contributed by atoms with Gasteiger partial charge in [0.15, 0.2) is 12.4 Å². The van der Waals surface area contributed by atoms with Crippen LogP contribution in [-0.4, -0.2) is 23.5 Å². The van der Waals surface area contributed by atoms with Gasteiger partial charge < -0.3 is 15.4 Å². The number of nitrogens with zero attached hydrogens (tertiary/aromatic N) is 1. The van der Waals surface area contributed by atoms with Crippen LogP contribution in [0.5, 0.6) is 5.75 Å². The molecular weight excluding hydrogens is 329 g/mol. The monoisotopic (exact) mass is 343 g/mol. The molecule has 1 heterocycles. The van der Waals surface area contributed by atoms with Crippen LogP contribution in [0.1, 0.15) is 17.9 Å². The van der Waals surface area contributed by atoms with E-state index < -0.39 is 4.92 Å². The van der Waals surface area contributed by atoms with Crippen LogP contribution in [0.25, 0.3) is 0 Å². The molecule has 2 N–H and O–H groups in total. The van der Waals surface area contributed by atoms with E-state index in [9.17, 15) is 19.3 Å². The first-order chi connectivity index (χ1) is 12.0. The molecule has 1 saturated carbocycles. The van der Waals surface area contributed by atoms with Crippen molar-refractivity contribution in [2.24, 2.45) is 0 Å². The van der Waals surface area contributed by atoms with Crippen LogP contribution in [0.15, 0.2) is 36.4 Å². The van der Waals surface area contributed by atoms with Crippen molar-refractivity contribution in [3.63, 3.8) is 0 Å². The van der Waals surface area contributed by atoms with Crippen LogP contribution in [0, 0.1) is 15.9 Å². The van der Waals surface area contributed by atoms with Gasteiger partial charge in [0.1, 0.15) is 11.5 Å². The lowest BCUT2D eigenvalue weighted by atomic mass is 10.1. The van der Waals surface area contributed by atoms with Crippen molar-refractivity contribution in [3.8, 4) is 5.75 Å². The van der Waals surface area contributed by atoms with E-state index in [2.05, 4.69) is 10.6 Å². The Morgan fingerprint density at radius 1 is 1.28 bits per heavy atom. The Labute approximate surface area is 141 Å². The predicted octanol–water partition coefficient (Wildman–Crippen LogP) is 3.03. The Morgan fingerprint density at radius 3 is 2.76 bits per heavy atom. The van der Waals surface area contributed by atoms with Crippen molar-refractivity contribution in [1.29, 1.82) is 0 Å². The molecule has 2 atom stereocenters. The Balaban J connectivity index is 1.58. The number of fused-ring (bicyclic) bond motifs is 1. The van der Waals surface area contributed by atoms with Crippen molar-refractivity contribution >= 4 is 23.0 Å². The number of rotatable bonds is 4. The number of anilines is 2. The minimum atomic E-state index is -0.488. The molecular formula is C17H14FN3O4. The highest BCUT2D eigenvalue weighted by Crippen LogP contribution is 2.45. The zero-order chi connectivity index (χ0) is 17.6. The summed E-state index contributed by atoms with van der Waals surface area (Å²) in [5.41, 5.74) is 1.60. The van der Waals surface area contributed by atoms with Crippen LogP contribution in [0.4, 0.5) is 21.5 Å². The van der Waals surface area contributed by atoms with Crippen molar-refractivity contribution in [3.05, 3.63) is 57.9 Å². The first kappa shape index (κ1) is 15.4. The molecule has 1 aliphatic carbocycles. The summed E-state index contributed by atoms with van der Waals surface area (Å²) >= 11 is 0. The lowest BCUT2D eigenvalue weighted by Gasteiger charge is -2.19. The summed E-state index contributed by atoms with van der Waals surface area (Å²) in [4.78, 5) is 22.3. The third kappa shape index (κ3) is 2.98. The average Bonchev–Trinajstić information content (AvgIpc) is 3.33. The lowest BCUT2D eigenvalue weighted by Crippen LogP contribution is -2.25. The number of halogens is 1. The third-order valence-corrected chi connectivity index (χ3v) is 4.36. The molecule has 1 amide bonds. The second-order valence-electron chi connectivity index (χ2n) is 6.10. The van der Waals surface area contributed by atoms with Gasteiger partial charge in [0.2, 0.25) is 0 Å². The van der Waals surface area contributed by atoms with Gasteiger partial charge in [-0.25, -0.2) is 4.39 Å². The number of nitro benzene ring substituents is 1. The van der Waals surface area contributed by atoms with Crippen LogP contribution in [0.2, 0.25) is 0 Å². The first-order valence-corrected chi connectivity index (χ1v) is 7.78. The highest BCUT2D eigenvalue weighted by Gasteiger charge is 2.39. The van der Waals surface area contributed by atoms with Gasteiger partial charge in [-0.2, -0.15) is 0 Å². The average molecular weight is 343 g/mol. The molecule has 0 aromatic heterocycles. The minimum Gasteiger partial charge on any atom is -0.481 e. The SMILES string of the molecule is O=C1COc2cc([N+](=O)[O-])c(N[C@@H]3C[C@H]3c3ccc(F)cc3)cc2N1. The Kier molecular flexibility index (Phi) is 3.52. The molecule has 2 aliphatic rings. The van der Waals surface area contributed by atoms with Crippen LogP contribution < -0.4 is 15.4 Å². The topological polar surface area (TPSA) is 93.5 Å². The van der Waals surface area contributed by atoms with Gasteiger partial charge in [-0.3, -0.25) is 14.9 Å². The zero-order valence-corrected chi connectivity index (χ0v) is 13.0. The number of ether oxygens (including phenoxy) is 1. The number of amides is 1. The zero-order valence-electron chi connectivity index (χ0n) is 13.0. The van der Waals surface area contributed by atoms with Crippen molar-refractivity contribution in [1.82, 2.24) is 0 Å². The van der Waals surface area contributed by atoms with E-state index in [0.29, 0.717) is 11.4 Å². The summed E-state index contributed by atoms with van der Waals surface area (Å²) in [5.74, 6) is -0.150. The normalized spacial score (nSPS) is 20.9. The Bertz CT molecular complexity index is 869. The molecule has 2 aromatic carbocycles. The van der Waals surface area contributed by atoms with Gasteiger partial charge in [-0.05, 0) is 30.2 Å². The van der Waals surface area contributed by atoms with Crippen molar-refractivity contribution in [2.45, 2.75) is 18.4 Å². The molecule has 25 heavy (non-hydrogen) atoms. The summed E-state index contributed by atoms with van der Waals surface area (Å²) < 4.78 is 18.2. The molecule has 4 rings (SSSR count). The van der Waals surface area contributed by atoms with Gasteiger partial charge in [0.05, 0.1) is 16.7 Å². The second-order valence-corrected chi connectivity index (χ2v) is 6.10. The number of carbonyl (C=O) groups is 1. The molecule has 7 nitrogen and oxygen atoms in total. The fraction of sp³-hybridized carbons (Fsp3) is 0.235.